The van der Waals surface area contributed by atoms with Crippen LogP contribution in [0.2, 0.25) is 0 Å². The van der Waals surface area contributed by atoms with Crippen LogP contribution in [0.5, 0.6) is 0 Å². The van der Waals surface area contributed by atoms with Gasteiger partial charge in [0.15, 0.2) is 0 Å². The van der Waals surface area contributed by atoms with Crippen LogP contribution in [0.1, 0.15) is 35.9 Å². The van der Waals surface area contributed by atoms with E-state index < -0.39 is 18.1 Å². The van der Waals surface area contributed by atoms with E-state index in [1.807, 2.05) is 0 Å². The highest BCUT2D eigenvalue weighted by molar-refractivity contribution is 5.73. The number of aromatic nitrogens is 1. The van der Waals surface area contributed by atoms with Crippen LogP contribution in [0.15, 0.2) is 6.07 Å². The number of esters is 1. The van der Waals surface area contributed by atoms with Crippen molar-refractivity contribution in [3.8, 4) is 6.07 Å². The number of hydrogen-bond donors (Lipinski definition) is 1. The number of pyridine rings is 1. The number of rotatable bonds is 5. The third-order valence-electron chi connectivity index (χ3n) is 2.41. The summed E-state index contributed by atoms with van der Waals surface area (Å²) in [5, 5.41) is 8.76. The van der Waals surface area contributed by atoms with Crippen molar-refractivity contribution in [1.82, 2.24) is 4.98 Å². The van der Waals surface area contributed by atoms with Crippen LogP contribution < -0.4 is 5.73 Å². The molecule has 102 valence electrons. The molecule has 0 radical (unpaired) electrons. The molecule has 0 aliphatic rings. The summed E-state index contributed by atoms with van der Waals surface area (Å²) >= 11 is 0. The Hall–Kier alpha value is -2.07. The summed E-state index contributed by atoms with van der Waals surface area (Å²) in [4.78, 5) is 14.9. The minimum absolute atomic E-state index is 0.0852. The number of nitrogens with two attached hydrogens (primary N) is 1. The van der Waals surface area contributed by atoms with E-state index in [4.69, 9.17) is 15.7 Å². The fourth-order valence-corrected chi connectivity index (χ4v) is 1.64. The molecule has 1 heterocycles. The maximum Gasteiger partial charge on any atom is 0.310 e. The van der Waals surface area contributed by atoms with E-state index in [1.165, 1.54) is 6.07 Å². The molecule has 0 aliphatic heterocycles. The van der Waals surface area contributed by atoms with Gasteiger partial charge in [-0.3, -0.25) is 4.79 Å². The van der Waals surface area contributed by atoms with E-state index >= 15 is 0 Å². The molecule has 1 aromatic heterocycles. The van der Waals surface area contributed by atoms with Crippen molar-refractivity contribution in [2.24, 2.45) is 5.73 Å². The van der Waals surface area contributed by atoms with Crippen molar-refractivity contribution in [2.75, 3.05) is 6.61 Å². The maximum absolute atomic E-state index is 12.9. The van der Waals surface area contributed by atoms with Gasteiger partial charge in [-0.25, -0.2) is 13.8 Å². The average molecular weight is 269 g/mol. The van der Waals surface area contributed by atoms with Crippen LogP contribution >= 0.6 is 0 Å². The predicted molar refractivity (Wildman–Crippen MR) is 62.1 cm³/mol. The second kappa shape index (κ2) is 6.75. The van der Waals surface area contributed by atoms with Gasteiger partial charge in [0.25, 0.3) is 6.43 Å². The smallest absolute Gasteiger partial charge is 0.310 e. The highest BCUT2D eigenvalue weighted by Crippen LogP contribution is 2.24. The summed E-state index contributed by atoms with van der Waals surface area (Å²) in [5.41, 5.74) is 5.03. The maximum atomic E-state index is 12.9. The van der Waals surface area contributed by atoms with Crippen LogP contribution in [-0.4, -0.2) is 17.6 Å². The first-order valence-electron chi connectivity index (χ1n) is 5.60. The Kier molecular flexibility index (Phi) is 5.33. The molecule has 0 bridgehead atoms. The van der Waals surface area contributed by atoms with Gasteiger partial charge in [-0.05, 0) is 24.1 Å². The zero-order valence-corrected chi connectivity index (χ0v) is 10.3. The number of ether oxygens (including phenoxy) is 1. The molecule has 0 aromatic carbocycles. The van der Waals surface area contributed by atoms with Crippen molar-refractivity contribution < 1.29 is 18.3 Å². The van der Waals surface area contributed by atoms with E-state index in [0.717, 1.165) is 0 Å². The van der Waals surface area contributed by atoms with E-state index in [2.05, 4.69) is 4.98 Å². The molecule has 0 amide bonds. The highest BCUT2D eigenvalue weighted by Gasteiger charge is 2.20. The number of hydrogen-bond acceptors (Lipinski definition) is 5. The number of halogens is 2. The Morgan fingerprint density at radius 2 is 2.32 bits per heavy atom. The van der Waals surface area contributed by atoms with Crippen LogP contribution in [0.25, 0.3) is 0 Å². The predicted octanol–water partition coefficient (Wildman–Crippen LogP) is 1.46. The minimum atomic E-state index is -2.85. The molecule has 2 N–H and O–H groups in total. The number of carbonyl (C=O) groups excluding carboxylic acids is 1. The lowest BCUT2D eigenvalue weighted by molar-refractivity contribution is -0.142. The monoisotopic (exact) mass is 269 g/mol. The van der Waals surface area contributed by atoms with Crippen molar-refractivity contribution in [3.63, 3.8) is 0 Å². The Labute approximate surface area is 109 Å². The molecule has 0 fully saturated rings. The summed E-state index contributed by atoms with van der Waals surface area (Å²) in [6, 6.07) is 2.96. The van der Waals surface area contributed by atoms with Gasteiger partial charge in [0.2, 0.25) is 0 Å². The second-order valence-corrected chi connectivity index (χ2v) is 3.63. The van der Waals surface area contributed by atoms with Crippen LogP contribution in [0, 0.1) is 11.3 Å². The Morgan fingerprint density at radius 3 is 2.79 bits per heavy atom. The molecular formula is C12H13F2N3O2. The first-order chi connectivity index (χ1) is 9.03. The number of nitriles is 1. The molecule has 0 atom stereocenters. The van der Waals surface area contributed by atoms with Gasteiger partial charge in [-0.2, -0.15) is 5.26 Å². The van der Waals surface area contributed by atoms with Gasteiger partial charge in [-0.15, -0.1) is 0 Å². The molecule has 0 aliphatic carbocycles. The second-order valence-electron chi connectivity index (χ2n) is 3.63. The molecule has 0 saturated carbocycles. The van der Waals surface area contributed by atoms with Crippen molar-refractivity contribution in [3.05, 3.63) is 28.6 Å². The summed E-state index contributed by atoms with van der Waals surface area (Å²) in [6.45, 7) is 1.64. The Balaban J connectivity index is 3.24. The Bertz CT molecular complexity index is 512. The Morgan fingerprint density at radius 1 is 1.63 bits per heavy atom. The number of carbonyl (C=O) groups is 1. The van der Waals surface area contributed by atoms with E-state index in [0.29, 0.717) is 0 Å². The van der Waals surface area contributed by atoms with E-state index in [9.17, 15) is 13.6 Å². The molecule has 19 heavy (non-hydrogen) atoms. The zero-order valence-electron chi connectivity index (χ0n) is 10.3. The van der Waals surface area contributed by atoms with Crippen LogP contribution in [0.3, 0.4) is 0 Å². The lowest BCUT2D eigenvalue weighted by Gasteiger charge is -2.12. The molecule has 1 aromatic rings. The summed E-state index contributed by atoms with van der Waals surface area (Å²) in [6.07, 6.45) is -3.06. The van der Waals surface area contributed by atoms with Gasteiger partial charge in [-0.1, -0.05) is 0 Å². The van der Waals surface area contributed by atoms with Gasteiger partial charge in [0.05, 0.1) is 13.0 Å². The first-order valence-corrected chi connectivity index (χ1v) is 5.60. The van der Waals surface area contributed by atoms with E-state index in [1.54, 1.807) is 13.0 Å². The normalized spacial score (nSPS) is 10.3. The molecule has 0 spiro atoms. The quantitative estimate of drug-likeness (QED) is 0.817. The first kappa shape index (κ1) is 15.0. The molecular weight excluding hydrogens is 256 g/mol. The lowest BCUT2D eigenvalue weighted by atomic mass is 10.0. The summed E-state index contributed by atoms with van der Waals surface area (Å²) < 4.78 is 30.5. The SMILES string of the molecule is CCOC(=O)Cc1cc(C#N)nc(C(F)F)c1CN. The van der Waals surface area contributed by atoms with Crippen molar-refractivity contribution in [1.29, 1.82) is 5.26 Å². The van der Waals surface area contributed by atoms with Gasteiger partial charge in [0, 0.05) is 6.54 Å². The summed E-state index contributed by atoms with van der Waals surface area (Å²) in [7, 11) is 0. The van der Waals surface area contributed by atoms with Crippen LogP contribution in [-0.2, 0) is 22.5 Å². The number of nitrogens with zero attached hydrogens (tertiary/aromatic N) is 2. The average Bonchev–Trinajstić information content (AvgIpc) is 2.37. The third kappa shape index (κ3) is 3.69. The van der Waals surface area contributed by atoms with Gasteiger partial charge >= 0.3 is 5.97 Å². The standard InChI is InChI=1S/C12H13F2N3O2/c1-2-19-10(18)4-7-3-8(5-15)17-11(12(13)14)9(7)6-16/h3,12H,2,4,6,16H2,1H3. The topological polar surface area (TPSA) is 89.0 Å². The largest absolute Gasteiger partial charge is 0.466 e. The minimum Gasteiger partial charge on any atom is -0.466 e. The van der Waals surface area contributed by atoms with Crippen molar-refractivity contribution in [2.45, 2.75) is 26.3 Å². The number of alkyl halides is 2. The highest BCUT2D eigenvalue weighted by atomic mass is 19.3. The fraction of sp³-hybridized carbons (Fsp3) is 0.417. The third-order valence-corrected chi connectivity index (χ3v) is 2.41. The van der Waals surface area contributed by atoms with Crippen LogP contribution in [0.4, 0.5) is 8.78 Å². The molecule has 0 unspecified atom stereocenters. The molecule has 7 heteroatoms. The fourth-order valence-electron chi connectivity index (χ4n) is 1.64. The lowest BCUT2D eigenvalue weighted by Crippen LogP contribution is -2.15. The van der Waals surface area contributed by atoms with Gasteiger partial charge in [0.1, 0.15) is 17.5 Å². The molecule has 1 rings (SSSR count). The zero-order chi connectivity index (χ0) is 14.4. The van der Waals surface area contributed by atoms with Gasteiger partial charge < -0.3 is 10.5 Å². The van der Waals surface area contributed by atoms with E-state index in [-0.39, 0.29) is 36.4 Å². The molecule has 5 nitrogen and oxygen atoms in total. The molecule has 0 saturated heterocycles. The summed E-state index contributed by atoms with van der Waals surface area (Å²) in [5.74, 6) is -0.562. The van der Waals surface area contributed by atoms with Crippen molar-refractivity contribution >= 4 is 5.97 Å².